The molecule has 2 N–H and O–H groups in total. The van der Waals surface area contributed by atoms with Crippen LogP contribution in [-0.2, 0) is 5.41 Å². The Balaban J connectivity index is 2.70. The number of halogens is 1. The Hall–Kier alpha value is -1.88. The summed E-state index contributed by atoms with van der Waals surface area (Å²) in [5.74, 6) is -0.282. The van der Waals surface area contributed by atoms with E-state index in [-0.39, 0.29) is 25.0 Å². The molecule has 0 unspecified atom stereocenters. The Bertz CT molecular complexity index is 489. The zero-order valence-corrected chi connectivity index (χ0v) is 12.6. The molecular weight excluding hydrogens is 271 g/mol. The summed E-state index contributed by atoms with van der Waals surface area (Å²) in [6.45, 7) is 8.09. The molecule has 1 aromatic carbocycles. The number of hydrogen-bond donors (Lipinski definition) is 2. The van der Waals surface area contributed by atoms with Crippen LogP contribution in [0, 0.1) is 5.82 Å². The highest BCUT2D eigenvalue weighted by Gasteiger charge is 2.25. The third-order valence-corrected chi connectivity index (χ3v) is 3.29. The summed E-state index contributed by atoms with van der Waals surface area (Å²) in [5, 5.41) is 11.7. The van der Waals surface area contributed by atoms with Crippen molar-refractivity contribution in [3.05, 3.63) is 48.3 Å². The average molecular weight is 294 g/mol. The molecule has 5 heteroatoms. The van der Waals surface area contributed by atoms with Crippen LogP contribution in [0.1, 0.15) is 19.4 Å². The van der Waals surface area contributed by atoms with Gasteiger partial charge in [-0.3, -0.25) is 0 Å². The van der Waals surface area contributed by atoms with Gasteiger partial charge in [-0.2, -0.15) is 0 Å². The molecule has 0 saturated heterocycles. The van der Waals surface area contributed by atoms with E-state index in [1.165, 1.54) is 11.0 Å². The third kappa shape index (κ3) is 4.86. The first-order valence-corrected chi connectivity index (χ1v) is 6.92. The number of rotatable bonds is 7. The monoisotopic (exact) mass is 294 g/mol. The first-order valence-electron chi connectivity index (χ1n) is 6.92. The lowest BCUT2D eigenvalue weighted by molar-refractivity contribution is 0.182. The molecule has 2 amide bonds. The minimum Gasteiger partial charge on any atom is -0.395 e. The molecule has 21 heavy (non-hydrogen) atoms. The maximum Gasteiger partial charge on any atom is 0.317 e. The fourth-order valence-electron chi connectivity index (χ4n) is 2.07. The molecule has 1 aromatic rings. The molecule has 0 saturated carbocycles. The molecule has 0 bridgehead atoms. The number of amides is 2. The second kappa shape index (κ2) is 7.78. The highest BCUT2D eigenvalue weighted by atomic mass is 19.1. The minimum atomic E-state index is -0.528. The molecule has 0 fully saturated rings. The van der Waals surface area contributed by atoms with Crippen LogP contribution in [0.4, 0.5) is 9.18 Å². The van der Waals surface area contributed by atoms with Crippen molar-refractivity contribution in [2.75, 3.05) is 26.2 Å². The molecule has 1 rings (SSSR count). The summed E-state index contributed by atoms with van der Waals surface area (Å²) in [4.78, 5) is 13.5. The minimum absolute atomic E-state index is 0.113. The lowest BCUT2D eigenvalue weighted by Gasteiger charge is -2.28. The molecule has 0 spiro atoms. The largest absolute Gasteiger partial charge is 0.395 e. The molecule has 0 aliphatic carbocycles. The molecule has 0 aliphatic rings. The van der Waals surface area contributed by atoms with Gasteiger partial charge in [0.1, 0.15) is 5.82 Å². The summed E-state index contributed by atoms with van der Waals surface area (Å²) in [7, 11) is 0. The third-order valence-electron chi connectivity index (χ3n) is 3.29. The molecule has 0 heterocycles. The number of nitrogens with zero attached hydrogens (tertiary/aromatic N) is 1. The number of urea groups is 1. The Morgan fingerprint density at radius 1 is 1.48 bits per heavy atom. The molecular formula is C16H23FN2O2. The van der Waals surface area contributed by atoms with E-state index < -0.39 is 5.41 Å². The van der Waals surface area contributed by atoms with Crippen molar-refractivity contribution in [1.82, 2.24) is 10.2 Å². The summed E-state index contributed by atoms with van der Waals surface area (Å²) < 4.78 is 13.8. The fraction of sp³-hybridized carbons (Fsp3) is 0.438. The van der Waals surface area contributed by atoms with Gasteiger partial charge in [-0.1, -0.05) is 38.1 Å². The molecule has 0 aromatic heterocycles. The number of hydrogen-bond acceptors (Lipinski definition) is 2. The van der Waals surface area contributed by atoms with Crippen LogP contribution in [-0.4, -0.2) is 42.3 Å². The summed E-state index contributed by atoms with van der Waals surface area (Å²) in [6.07, 6.45) is 1.59. The number of aliphatic hydroxyl groups is 1. The zero-order chi connectivity index (χ0) is 15.9. The van der Waals surface area contributed by atoms with Gasteiger partial charge in [-0.05, 0) is 11.6 Å². The SMILES string of the molecule is C=CCN(CCO)C(=O)NCC(C)(C)c1ccccc1F. The predicted molar refractivity (Wildman–Crippen MR) is 81.7 cm³/mol. The van der Waals surface area contributed by atoms with Gasteiger partial charge in [0.05, 0.1) is 6.61 Å². The van der Waals surface area contributed by atoms with Crippen molar-refractivity contribution in [2.24, 2.45) is 0 Å². The first kappa shape index (κ1) is 17.2. The van der Waals surface area contributed by atoms with Gasteiger partial charge in [-0.25, -0.2) is 9.18 Å². The van der Waals surface area contributed by atoms with Crippen LogP contribution in [0.15, 0.2) is 36.9 Å². The first-order chi connectivity index (χ1) is 9.92. The highest BCUT2D eigenvalue weighted by Crippen LogP contribution is 2.24. The lowest BCUT2D eigenvalue weighted by atomic mass is 9.84. The van der Waals surface area contributed by atoms with Crippen molar-refractivity contribution in [1.29, 1.82) is 0 Å². The predicted octanol–water partition coefficient (Wildman–Crippen LogP) is 2.29. The van der Waals surface area contributed by atoms with Crippen LogP contribution >= 0.6 is 0 Å². The van der Waals surface area contributed by atoms with Gasteiger partial charge in [-0.15, -0.1) is 6.58 Å². The van der Waals surface area contributed by atoms with Gasteiger partial charge in [0.15, 0.2) is 0 Å². The maximum atomic E-state index is 13.8. The topological polar surface area (TPSA) is 52.6 Å². The van der Waals surface area contributed by atoms with Crippen LogP contribution in [0.2, 0.25) is 0 Å². The quantitative estimate of drug-likeness (QED) is 0.758. The Labute approximate surface area is 125 Å². The molecule has 4 nitrogen and oxygen atoms in total. The van der Waals surface area contributed by atoms with Crippen LogP contribution < -0.4 is 5.32 Å². The summed E-state index contributed by atoms with van der Waals surface area (Å²) in [5.41, 5.74) is 0.0304. The Kier molecular flexibility index (Phi) is 6.37. The number of nitrogens with one attached hydrogen (secondary N) is 1. The van der Waals surface area contributed by atoms with Crippen molar-refractivity contribution in [3.8, 4) is 0 Å². The van der Waals surface area contributed by atoms with E-state index >= 15 is 0 Å². The summed E-state index contributed by atoms with van der Waals surface area (Å²) >= 11 is 0. The number of carbonyl (C=O) groups is 1. The van der Waals surface area contributed by atoms with E-state index in [0.717, 1.165) is 0 Å². The highest BCUT2D eigenvalue weighted by molar-refractivity contribution is 5.74. The van der Waals surface area contributed by atoms with Gasteiger partial charge < -0.3 is 15.3 Å². The van der Waals surface area contributed by atoms with E-state index in [0.29, 0.717) is 18.7 Å². The van der Waals surface area contributed by atoms with Crippen molar-refractivity contribution in [3.63, 3.8) is 0 Å². The van der Waals surface area contributed by atoms with Crippen LogP contribution in [0.5, 0.6) is 0 Å². The van der Waals surface area contributed by atoms with E-state index in [2.05, 4.69) is 11.9 Å². The summed E-state index contributed by atoms with van der Waals surface area (Å²) in [6, 6.07) is 6.25. The van der Waals surface area contributed by atoms with Gasteiger partial charge in [0, 0.05) is 25.0 Å². The normalized spacial score (nSPS) is 11.0. The van der Waals surface area contributed by atoms with Crippen LogP contribution in [0.25, 0.3) is 0 Å². The average Bonchev–Trinajstić information content (AvgIpc) is 2.45. The fourth-order valence-corrected chi connectivity index (χ4v) is 2.07. The van der Waals surface area contributed by atoms with Gasteiger partial charge in [0.2, 0.25) is 0 Å². The Morgan fingerprint density at radius 2 is 2.14 bits per heavy atom. The maximum absolute atomic E-state index is 13.8. The van der Waals surface area contributed by atoms with Crippen molar-refractivity contribution < 1.29 is 14.3 Å². The molecule has 0 atom stereocenters. The van der Waals surface area contributed by atoms with Gasteiger partial charge in [0.25, 0.3) is 0 Å². The van der Waals surface area contributed by atoms with E-state index in [9.17, 15) is 9.18 Å². The van der Waals surface area contributed by atoms with E-state index in [1.807, 2.05) is 13.8 Å². The molecule has 0 radical (unpaired) electrons. The second-order valence-corrected chi connectivity index (χ2v) is 5.48. The number of benzene rings is 1. The number of carbonyl (C=O) groups excluding carboxylic acids is 1. The zero-order valence-electron chi connectivity index (χ0n) is 12.6. The smallest absolute Gasteiger partial charge is 0.317 e. The van der Waals surface area contributed by atoms with Crippen molar-refractivity contribution in [2.45, 2.75) is 19.3 Å². The molecule has 116 valence electrons. The van der Waals surface area contributed by atoms with E-state index in [4.69, 9.17) is 5.11 Å². The van der Waals surface area contributed by atoms with Crippen LogP contribution in [0.3, 0.4) is 0 Å². The Morgan fingerprint density at radius 3 is 2.71 bits per heavy atom. The van der Waals surface area contributed by atoms with Crippen molar-refractivity contribution >= 4 is 6.03 Å². The second-order valence-electron chi connectivity index (χ2n) is 5.48. The van der Waals surface area contributed by atoms with E-state index in [1.54, 1.807) is 24.3 Å². The van der Waals surface area contributed by atoms with Gasteiger partial charge >= 0.3 is 6.03 Å². The lowest BCUT2D eigenvalue weighted by Crippen LogP contribution is -2.45. The standard InChI is InChI=1S/C16H23FN2O2/c1-4-9-19(10-11-20)15(21)18-12-16(2,3)13-7-5-6-8-14(13)17/h4-8,20H,1,9-12H2,2-3H3,(H,18,21). The number of aliphatic hydroxyl groups excluding tert-OH is 1. The molecule has 0 aliphatic heterocycles.